The molecule has 4 rings (SSSR count). The molecule has 170 valence electrons. The Labute approximate surface area is 185 Å². The molecule has 0 aliphatic carbocycles. The Morgan fingerprint density at radius 3 is 1.97 bits per heavy atom. The molecule has 3 amide bonds. The zero-order valence-electron chi connectivity index (χ0n) is 18.2. The summed E-state index contributed by atoms with van der Waals surface area (Å²) >= 11 is 0. The average Bonchev–Trinajstić information content (AvgIpc) is 3.23. The number of halogens is 2. The molecule has 2 aromatic carbocycles. The second-order valence-corrected chi connectivity index (χ2v) is 9.02. The van der Waals surface area contributed by atoms with E-state index < -0.39 is 23.3 Å². The van der Waals surface area contributed by atoms with Crippen LogP contribution in [0.15, 0.2) is 36.4 Å². The van der Waals surface area contributed by atoms with Gasteiger partial charge in [-0.3, -0.25) is 4.79 Å². The van der Waals surface area contributed by atoms with E-state index in [1.165, 1.54) is 18.7 Å². The third-order valence-corrected chi connectivity index (χ3v) is 6.24. The van der Waals surface area contributed by atoms with Gasteiger partial charge < -0.3 is 20.2 Å². The largest absolute Gasteiger partial charge is 0.381 e. The SMILES string of the molecule is CC(C)(O)C(=O)N1CCC(c2ccc(NC(=O)N3Cc4c(F)ccc(F)c4C3)cc2)CC1. The Hall–Kier alpha value is -3.00. The van der Waals surface area contributed by atoms with Gasteiger partial charge in [-0.15, -0.1) is 0 Å². The summed E-state index contributed by atoms with van der Waals surface area (Å²) in [5, 5.41) is 12.7. The van der Waals surface area contributed by atoms with Crippen LogP contribution in [-0.4, -0.2) is 45.5 Å². The maximum atomic E-state index is 13.9. The van der Waals surface area contributed by atoms with Crippen LogP contribution in [0.1, 0.15) is 49.3 Å². The number of hydrogen-bond donors (Lipinski definition) is 2. The number of nitrogens with zero attached hydrogens (tertiary/aromatic N) is 2. The Morgan fingerprint density at radius 1 is 0.938 bits per heavy atom. The molecule has 8 heteroatoms. The molecule has 1 fully saturated rings. The van der Waals surface area contributed by atoms with Crippen LogP contribution in [0.2, 0.25) is 0 Å². The predicted molar refractivity (Wildman–Crippen MR) is 116 cm³/mol. The normalized spacial score (nSPS) is 16.8. The number of benzene rings is 2. The summed E-state index contributed by atoms with van der Waals surface area (Å²) in [6, 6.07) is 9.28. The molecule has 32 heavy (non-hydrogen) atoms. The fraction of sp³-hybridized carbons (Fsp3) is 0.417. The van der Waals surface area contributed by atoms with Crippen molar-refractivity contribution in [3.63, 3.8) is 0 Å². The molecular formula is C24H27F2N3O3. The predicted octanol–water partition coefficient (Wildman–Crippen LogP) is 3.99. The maximum absolute atomic E-state index is 13.9. The lowest BCUT2D eigenvalue weighted by molar-refractivity contribution is -0.148. The van der Waals surface area contributed by atoms with Crippen molar-refractivity contribution in [2.45, 2.75) is 51.3 Å². The summed E-state index contributed by atoms with van der Waals surface area (Å²) in [6.45, 7) is 4.25. The quantitative estimate of drug-likeness (QED) is 0.754. The maximum Gasteiger partial charge on any atom is 0.322 e. The first-order valence-corrected chi connectivity index (χ1v) is 10.8. The van der Waals surface area contributed by atoms with Crippen molar-refractivity contribution in [3.05, 3.63) is 64.7 Å². The number of anilines is 1. The van der Waals surface area contributed by atoms with Crippen molar-refractivity contribution in [2.75, 3.05) is 18.4 Å². The van der Waals surface area contributed by atoms with Crippen molar-refractivity contribution in [1.29, 1.82) is 0 Å². The highest BCUT2D eigenvalue weighted by atomic mass is 19.1. The van der Waals surface area contributed by atoms with Crippen LogP contribution < -0.4 is 5.32 Å². The van der Waals surface area contributed by atoms with Crippen LogP contribution in [0, 0.1) is 11.6 Å². The summed E-state index contributed by atoms with van der Waals surface area (Å²) < 4.78 is 27.8. The second kappa shape index (κ2) is 8.50. The summed E-state index contributed by atoms with van der Waals surface area (Å²) in [5.41, 5.74) is 0.817. The van der Waals surface area contributed by atoms with E-state index in [0.717, 1.165) is 30.5 Å². The van der Waals surface area contributed by atoms with Gasteiger partial charge in [-0.1, -0.05) is 12.1 Å². The number of aliphatic hydroxyl groups is 1. The number of carbonyl (C=O) groups excluding carboxylic acids is 2. The van der Waals surface area contributed by atoms with Gasteiger partial charge in [0.05, 0.1) is 13.1 Å². The van der Waals surface area contributed by atoms with E-state index in [1.54, 1.807) is 4.90 Å². The molecule has 2 aliphatic rings. The first-order valence-electron chi connectivity index (χ1n) is 10.8. The lowest BCUT2D eigenvalue weighted by Crippen LogP contribution is -2.48. The van der Waals surface area contributed by atoms with Crippen LogP contribution >= 0.6 is 0 Å². The molecule has 0 saturated carbocycles. The number of piperidine rings is 1. The van der Waals surface area contributed by atoms with Crippen molar-refractivity contribution >= 4 is 17.6 Å². The highest BCUT2D eigenvalue weighted by Crippen LogP contribution is 2.31. The Morgan fingerprint density at radius 2 is 1.47 bits per heavy atom. The first kappa shape index (κ1) is 22.2. The average molecular weight is 443 g/mol. The van der Waals surface area contributed by atoms with Crippen LogP contribution in [0.4, 0.5) is 19.3 Å². The lowest BCUT2D eigenvalue weighted by Gasteiger charge is -2.35. The minimum absolute atomic E-state index is 0.0325. The van der Waals surface area contributed by atoms with E-state index in [-0.39, 0.29) is 30.1 Å². The molecule has 0 bridgehead atoms. The van der Waals surface area contributed by atoms with Crippen molar-refractivity contribution in [1.82, 2.24) is 9.80 Å². The fourth-order valence-corrected chi connectivity index (χ4v) is 4.40. The fourth-order valence-electron chi connectivity index (χ4n) is 4.40. The summed E-state index contributed by atoms with van der Waals surface area (Å²) in [4.78, 5) is 27.9. The molecule has 0 unspecified atom stereocenters. The number of likely N-dealkylation sites (tertiary alicyclic amines) is 1. The minimum atomic E-state index is -1.36. The molecule has 0 atom stereocenters. The molecule has 0 spiro atoms. The van der Waals surface area contributed by atoms with Gasteiger partial charge in [0.1, 0.15) is 17.2 Å². The number of amides is 3. The van der Waals surface area contributed by atoms with Gasteiger partial charge in [-0.05, 0) is 62.4 Å². The third-order valence-electron chi connectivity index (χ3n) is 6.24. The number of urea groups is 1. The van der Waals surface area contributed by atoms with Gasteiger partial charge in [-0.25, -0.2) is 13.6 Å². The van der Waals surface area contributed by atoms with Gasteiger partial charge in [0, 0.05) is 29.9 Å². The van der Waals surface area contributed by atoms with Gasteiger partial charge >= 0.3 is 6.03 Å². The number of hydrogen-bond acceptors (Lipinski definition) is 3. The van der Waals surface area contributed by atoms with E-state index in [1.807, 2.05) is 24.3 Å². The topological polar surface area (TPSA) is 72.9 Å². The molecule has 0 radical (unpaired) electrons. The van der Waals surface area contributed by atoms with Gasteiger partial charge in [0.25, 0.3) is 5.91 Å². The van der Waals surface area contributed by atoms with Crippen LogP contribution in [0.3, 0.4) is 0 Å². The molecule has 0 aromatic heterocycles. The van der Waals surface area contributed by atoms with Gasteiger partial charge in [0.2, 0.25) is 0 Å². The van der Waals surface area contributed by atoms with Crippen molar-refractivity contribution in [3.8, 4) is 0 Å². The van der Waals surface area contributed by atoms with E-state index in [4.69, 9.17) is 0 Å². The molecule has 2 aliphatic heterocycles. The van der Waals surface area contributed by atoms with Crippen LogP contribution in [0.25, 0.3) is 0 Å². The van der Waals surface area contributed by atoms with E-state index >= 15 is 0 Å². The molecule has 2 aromatic rings. The molecular weight excluding hydrogens is 416 g/mol. The number of nitrogens with one attached hydrogen (secondary N) is 1. The Kier molecular flexibility index (Phi) is 5.90. The Bertz CT molecular complexity index is 995. The van der Waals surface area contributed by atoms with E-state index in [2.05, 4.69) is 5.32 Å². The zero-order valence-corrected chi connectivity index (χ0v) is 18.2. The van der Waals surface area contributed by atoms with Crippen molar-refractivity contribution in [2.24, 2.45) is 0 Å². The lowest BCUT2D eigenvalue weighted by atomic mass is 9.89. The van der Waals surface area contributed by atoms with Gasteiger partial charge in [-0.2, -0.15) is 0 Å². The number of carbonyl (C=O) groups is 2. The second-order valence-electron chi connectivity index (χ2n) is 9.02. The number of fused-ring (bicyclic) bond motifs is 1. The minimum Gasteiger partial charge on any atom is -0.381 e. The first-order chi connectivity index (χ1) is 15.1. The van der Waals surface area contributed by atoms with Crippen molar-refractivity contribution < 1.29 is 23.5 Å². The standard InChI is InChI=1S/C24H27F2N3O3/c1-24(2,32)22(30)28-11-9-16(10-12-28)15-3-5-17(6-4-15)27-23(31)29-13-18-19(14-29)21(26)8-7-20(18)25/h3-8,16,32H,9-14H2,1-2H3,(H,27,31). The molecule has 2 N–H and O–H groups in total. The monoisotopic (exact) mass is 443 g/mol. The smallest absolute Gasteiger partial charge is 0.322 e. The molecule has 1 saturated heterocycles. The number of rotatable bonds is 3. The summed E-state index contributed by atoms with van der Waals surface area (Å²) in [5.74, 6) is -0.963. The van der Waals surface area contributed by atoms with E-state index in [0.29, 0.717) is 24.7 Å². The third kappa shape index (κ3) is 4.46. The highest BCUT2D eigenvalue weighted by Gasteiger charge is 2.32. The molecule has 6 nitrogen and oxygen atoms in total. The highest BCUT2D eigenvalue weighted by molar-refractivity contribution is 5.89. The van der Waals surface area contributed by atoms with E-state index in [9.17, 15) is 23.5 Å². The summed E-state index contributed by atoms with van der Waals surface area (Å²) in [7, 11) is 0. The van der Waals surface area contributed by atoms with Crippen LogP contribution in [-0.2, 0) is 17.9 Å². The zero-order chi connectivity index (χ0) is 23.0. The Balaban J connectivity index is 1.33. The summed E-state index contributed by atoms with van der Waals surface area (Å²) in [6.07, 6.45) is 1.60. The van der Waals surface area contributed by atoms with Gasteiger partial charge in [0.15, 0.2) is 0 Å². The van der Waals surface area contributed by atoms with Crippen LogP contribution in [0.5, 0.6) is 0 Å². The molecule has 2 heterocycles.